The van der Waals surface area contributed by atoms with Crippen LogP contribution in [0.5, 0.6) is 5.75 Å². The molecule has 0 fully saturated rings. The largest absolute Gasteiger partial charge is 0.507 e. The predicted octanol–water partition coefficient (Wildman–Crippen LogP) is 1.37. The van der Waals surface area contributed by atoms with Crippen molar-refractivity contribution in [1.29, 1.82) is 0 Å². The molecule has 0 amide bonds. The van der Waals surface area contributed by atoms with Crippen LogP contribution in [0.4, 0.5) is 0 Å². The van der Waals surface area contributed by atoms with Crippen LogP contribution >= 0.6 is 15.9 Å². The van der Waals surface area contributed by atoms with Gasteiger partial charge in [-0.3, -0.25) is 4.79 Å². The van der Waals surface area contributed by atoms with E-state index in [4.69, 9.17) is 4.42 Å². The van der Waals surface area contributed by atoms with E-state index in [1.54, 1.807) is 0 Å². The van der Waals surface area contributed by atoms with Gasteiger partial charge in [0.1, 0.15) is 17.1 Å². The fourth-order valence-corrected chi connectivity index (χ4v) is 1.68. The van der Waals surface area contributed by atoms with E-state index >= 15 is 0 Å². The highest BCUT2D eigenvalue weighted by Crippen LogP contribution is 2.17. The van der Waals surface area contributed by atoms with Crippen LogP contribution < -0.4 is 5.63 Å². The lowest BCUT2D eigenvalue weighted by Crippen LogP contribution is -2.17. The van der Waals surface area contributed by atoms with Crippen molar-refractivity contribution in [3.63, 3.8) is 0 Å². The van der Waals surface area contributed by atoms with Gasteiger partial charge in [0.15, 0.2) is 5.78 Å². The van der Waals surface area contributed by atoms with Crippen LogP contribution in [0, 0.1) is 6.92 Å². The van der Waals surface area contributed by atoms with E-state index < -0.39 is 17.5 Å². The van der Waals surface area contributed by atoms with E-state index in [1.807, 2.05) is 0 Å². The fraction of sp³-hybridized carbons (Fsp3) is 0.455. The second-order valence-corrected chi connectivity index (χ2v) is 4.32. The molecule has 1 rings (SSSR count). The first kappa shape index (κ1) is 13.9. The molecule has 0 spiro atoms. The van der Waals surface area contributed by atoms with Gasteiger partial charge in [-0.2, -0.15) is 0 Å². The van der Waals surface area contributed by atoms with Crippen molar-refractivity contribution >= 4 is 21.7 Å². The molecule has 0 saturated carbocycles. The van der Waals surface area contributed by atoms with E-state index in [1.165, 1.54) is 13.0 Å². The Morgan fingerprint density at radius 3 is 2.76 bits per heavy atom. The van der Waals surface area contributed by atoms with Crippen molar-refractivity contribution in [1.82, 2.24) is 0 Å². The van der Waals surface area contributed by atoms with Gasteiger partial charge < -0.3 is 14.6 Å². The molecule has 0 aliphatic carbocycles. The SMILES string of the molecule is Cc1cc(O)c(C(=O)CCC(O)CBr)c(=O)o1. The van der Waals surface area contributed by atoms with Crippen LogP contribution in [0.3, 0.4) is 0 Å². The molecule has 1 aromatic heterocycles. The van der Waals surface area contributed by atoms with Crippen LogP contribution in [0.25, 0.3) is 0 Å². The minimum Gasteiger partial charge on any atom is -0.507 e. The summed E-state index contributed by atoms with van der Waals surface area (Å²) in [6, 6.07) is 1.22. The van der Waals surface area contributed by atoms with Gasteiger partial charge >= 0.3 is 5.63 Å². The Morgan fingerprint density at radius 1 is 1.59 bits per heavy atom. The molecule has 0 aliphatic rings. The minimum absolute atomic E-state index is 0.0197. The van der Waals surface area contributed by atoms with Gasteiger partial charge in [0, 0.05) is 17.8 Å². The highest BCUT2D eigenvalue weighted by Gasteiger charge is 2.18. The normalized spacial score (nSPS) is 12.4. The quantitative estimate of drug-likeness (QED) is 0.634. The van der Waals surface area contributed by atoms with E-state index in [2.05, 4.69) is 15.9 Å². The maximum atomic E-state index is 11.7. The average Bonchev–Trinajstić information content (AvgIpc) is 2.24. The predicted molar refractivity (Wildman–Crippen MR) is 64.7 cm³/mol. The third kappa shape index (κ3) is 3.67. The molecule has 6 heteroatoms. The molecule has 0 bridgehead atoms. The van der Waals surface area contributed by atoms with Crippen molar-refractivity contribution in [3.05, 3.63) is 27.8 Å². The van der Waals surface area contributed by atoms with Crippen LogP contribution in [0.15, 0.2) is 15.3 Å². The number of aliphatic hydroxyl groups excluding tert-OH is 1. The van der Waals surface area contributed by atoms with Crippen molar-refractivity contribution in [3.8, 4) is 5.75 Å². The summed E-state index contributed by atoms with van der Waals surface area (Å²) in [5, 5.41) is 19.1. The summed E-state index contributed by atoms with van der Waals surface area (Å²) >= 11 is 3.07. The standard InChI is InChI=1S/C11H13BrO5/c1-6-4-9(15)10(11(16)17-6)8(14)3-2-7(13)5-12/h4,7,13,15H,2-3,5H2,1H3. The van der Waals surface area contributed by atoms with E-state index in [9.17, 15) is 19.8 Å². The lowest BCUT2D eigenvalue weighted by atomic mass is 10.1. The maximum Gasteiger partial charge on any atom is 0.350 e. The van der Waals surface area contributed by atoms with Crippen molar-refractivity contribution in [2.45, 2.75) is 25.9 Å². The third-order valence-electron chi connectivity index (χ3n) is 2.22. The van der Waals surface area contributed by atoms with Crippen LogP contribution in [0.1, 0.15) is 29.0 Å². The van der Waals surface area contributed by atoms with Crippen molar-refractivity contribution in [2.75, 3.05) is 5.33 Å². The Hall–Kier alpha value is -1.14. The summed E-state index contributed by atoms with van der Waals surface area (Å²) in [5.41, 5.74) is -1.20. The highest BCUT2D eigenvalue weighted by molar-refractivity contribution is 9.09. The van der Waals surface area contributed by atoms with Crippen LogP contribution in [0.2, 0.25) is 0 Å². The molecule has 2 N–H and O–H groups in total. The zero-order valence-electron chi connectivity index (χ0n) is 9.27. The number of alkyl halides is 1. The molecule has 1 aromatic rings. The second kappa shape index (κ2) is 5.97. The molecule has 5 nitrogen and oxygen atoms in total. The first-order chi connectivity index (χ1) is 7.95. The first-order valence-corrected chi connectivity index (χ1v) is 6.18. The molecule has 17 heavy (non-hydrogen) atoms. The summed E-state index contributed by atoms with van der Waals surface area (Å²) in [6.07, 6.45) is -0.455. The Labute approximate surface area is 106 Å². The van der Waals surface area contributed by atoms with Gasteiger partial charge in [-0.25, -0.2) is 4.79 Å². The zero-order valence-corrected chi connectivity index (χ0v) is 10.9. The summed E-state index contributed by atoms with van der Waals surface area (Å²) < 4.78 is 4.74. The Balaban J connectivity index is 2.86. The molecular formula is C11H13BrO5. The van der Waals surface area contributed by atoms with Crippen LogP contribution in [-0.2, 0) is 0 Å². The summed E-state index contributed by atoms with van der Waals surface area (Å²) in [4.78, 5) is 23.1. The zero-order chi connectivity index (χ0) is 13.0. The van der Waals surface area contributed by atoms with Gasteiger partial charge in [-0.15, -0.1) is 0 Å². The maximum absolute atomic E-state index is 11.7. The van der Waals surface area contributed by atoms with Gasteiger partial charge in [-0.1, -0.05) is 15.9 Å². The molecule has 1 heterocycles. The van der Waals surface area contributed by atoms with Crippen molar-refractivity contribution < 1.29 is 19.4 Å². The molecule has 0 aliphatic heterocycles. The topological polar surface area (TPSA) is 87.7 Å². The van der Waals surface area contributed by atoms with Gasteiger partial charge in [0.2, 0.25) is 0 Å². The number of halogens is 1. The van der Waals surface area contributed by atoms with Gasteiger partial charge in [0.25, 0.3) is 0 Å². The molecule has 0 aromatic carbocycles. The summed E-state index contributed by atoms with van der Waals surface area (Å²) in [5.74, 6) is -0.669. The molecule has 1 unspecified atom stereocenters. The number of aromatic hydroxyl groups is 1. The Morgan fingerprint density at radius 2 is 2.24 bits per heavy atom. The third-order valence-corrected chi connectivity index (χ3v) is 2.96. The summed E-state index contributed by atoms with van der Waals surface area (Å²) in [6.45, 7) is 1.50. The fourth-order valence-electron chi connectivity index (χ4n) is 1.35. The lowest BCUT2D eigenvalue weighted by Gasteiger charge is -2.06. The van der Waals surface area contributed by atoms with Crippen molar-refractivity contribution in [2.24, 2.45) is 0 Å². The van der Waals surface area contributed by atoms with Gasteiger partial charge in [0.05, 0.1) is 6.10 Å². The van der Waals surface area contributed by atoms with E-state index in [0.29, 0.717) is 5.33 Å². The number of hydrogen-bond donors (Lipinski definition) is 2. The summed E-state index contributed by atoms with van der Waals surface area (Å²) in [7, 11) is 0. The number of ketones is 1. The van der Waals surface area contributed by atoms with Gasteiger partial charge in [-0.05, 0) is 13.3 Å². The number of aryl methyl sites for hydroxylation is 1. The molecular weight excluding hydrogens is 292 g/mol. The average molecular weight is 305 g/mol. The first-order valence-electron chi connectivity index (χ1n) is 5.06. The smallest absolute Gasteiger partial charge is 0.350 e. The minimum atomic E-state index is -0.846. The van der Waals surface area contributed by atoms with Crippen LogP contribution in [-0.4, -0.2) is 27.4 Å². The lowest BCUT2D eigenvalue weighted by molar-refractivity contribution is 0.0944. The number of Topliss-reactive ketones (excluding diaryl/α,β-unsaturated/α-hetero) is 1. The highest BCUT2D eigenvalue weighted by atomic mass is 79.9. The second-order valence-electron chi connectivity index (χ2n) is 3.67. The molecule has 94 valence electrons. The molecule has 0 radical (unpaired) electrons. The Bertz CT molecular complexity index is 465. The number of aliphatic hydroxyl groups is 1. The number of carbonyl (C=O) groups is 1. The number of rotatable bonds is 5. The van der Waals surface area contributed by atoms with E-state index in [0.717, 1.165) is 0 Å². The number of hydrogen-bond acceptors (Lipinski definition) is 5. The molecule has 0 saturated heterocycles. The monoisotopic (exact) mass is 304 g/mol. The van der Waals surface area contributed by atoms with E-state index in [-0.39, 0.29) is 29.9 Å². The molecule has 1 atom stereocenters. The Kier molecular flexibility index (Phi) is 4.89. The number of carbonyl (C=O) groups excluding carboxylic acids is 1.